The highest BCUT2D eigenvalue weighted by atomic mass is 35.5. The molecule has 17 heavy (non-hydrogen) atoms. The van der Waals surface area contributed by atoms with Gasteiger partial charge < -0.3 is 5.11 Å². The van der Waals surface area contributed by atoms with E-state index in [2.05, 4.69) is 9.97 Å². The molecule has 4 nitrogen and oxygen atoms in total. The van der Waals surface area contributed by atoms with Gasteiger partial charge in [-0.3, -0.25) is 9.38 Å². The zero-order valence-electron chi connectivity index (χ0n) is 8.71. The number of aromatic hydroxyl groups is 1. The van der Waals surface area contributed by atoms with Crippen molar-refractivity contribution >= 4 is 17.1 Å². The second-order valence-electron chi connectivity index (χ2n) is 3.55. The number of hydrogen-bond donors (Lipinski definition) is 1. The van der Waals surface area contributed by atoms with Crippen molar-refractivity contribution in [2.75, 3.05) is 0 Å². The lowest BCUT2D eigenvalue weighted by Gasteiger charge is -2.00. The summed E-state index contributed by atoms with van der Waals surface area (Å²) < 4.78 is 1.72. The molecule has 0 amide bonds. The average molecular weight is 246 g/mol. The van der Waals surface area contributed by atoms with Gasteiger partial charge in [0, 0.05) is 12.4 Å². The fourth-order valence-corrected chi connectivity index (χ4v) is 2.02. The van der Waals surface area contributed by atoms with E-state index in [1.54, 1.807) is 28.9 Å². The van der Waals surface area contributed by atoms with E-state index in [9.17, 15) is 5.11 Å². The van der Waals surface area contributed by atoms with Crippen LogP contribution in [0.4, 0.5) is 0 Å². The Labute approximate surface area is 102 Å². The minimum atomic E-state index is 0.104. The van der Waals surface area contributed by atoms with Gasteiger partial charge in [0.2, 0.25) is 0 Å². The average Bonchev–Trinajstić information content (AvgIpc) is 2.69. The largest absolute Gasteiger partial charge is 0.506 e. The quantitative estimate of drug-likeness (QED) is 0.717. The number of aromatic nitrogens is 3. The number of halogens is 1. The first-order chi connectivity index (χ1) is 8.27. The van der Waals surface area contributed by atoms with Crippen molar-refractivity contribution in [1.29, 1.82) is 0 Å². The predicted molar refractivity (Wildman–Crippen MR) is 65.1 cm³/mol. The van der Waals surface area contributed by atoms with Crippen molar-refractivity contribution in [2.24, 2.45) is 0 Å². The van der Waals surface area contributed by atoms with E-state index in [1.165, 1.54) is 0 Å². The smallest absolute Gasteiger partial charge is 0.165 e. The van der Waals surface area contributed by atoms with Crippen molar-refractivity contribution in [2.45, 2.75) is 0 Å². The number of imidazole rings is 1. The topological polar surface area (TPSA) is 50.4 Å². The predicted octanol–water partition coefficient (Wildman–Crippen LogP) is 2.76. The van der Waals surface area contributed by atoms with Crippen LogP contribution in [0.3, 0.4) is 0 Å². The van der Waals surface area contributed by atoms with Crippen LogP contribution in [0.1, 0.15) is 0 Å². The lowest BCUT2D eigenvalue weighted by Crippen LogP contribution is -1.90. The molecule has 3 aromatic heterocycles. The Bertz CT molecular complexity index is 679. The molecule has 0 aliphatic rings. The van der Waals surface area contributed by atoms with Gasteiger partial charge in [-0.05, 0) is 24.3 Å². The van der Waals surface area contributed by atoms with E-state index in [4.69, 9.17) is 11.6 Å². The molecule has 5 heteroatoms. The highest BCUT2D eigenvalue weighted by Gasteiger charge is 2.14. The van der Waals surface area contributed by atoms with Crippen molar-refractivity contribution in [3.8, 4) is 17.3 Å². The molecule has 0 aromatic carbocycles. The highest BCUT2D eigenvalue weighted by molar-refractivity contribution is 6.33. The molecule has 0 aliphatic heterocycles. The Morgan fingerprint density at radius 1 is 1.18 bits per heavy atom. The van der Waals surface area contributed by atoms with Crippen molar-refractivity contribution < 1.29 is 5.11 Å². The summed E-state index contributed by atoms with van der Waals surface area (Å²) in [6.07, 6.45) is 3.48. The Balaban J connectivity index is 2.36. The first kappa shape index (κ1) is 10.1. The van der Waals surface area contributed by atoms with Crippen molar-refractivity contribution in [3.05, 3.63) is 47.9 Å². The van der Waals surface area contributed by atoms with Crippen LogP contribution in [-0.4, -0.2) is 19.5 Å². The summed E-state index contributed by atoms with van der Waals surface area (Å²) in [5.74, 6) is 0.716. The first-order valence-electron chi connectivity index (χ1n) is 5.04. The number of pyridine rings is 2. The highest BCUT2D eigenvalue weighted by Crippen LogP contribution is 2.30. The summed E-state index contributed by atoms with van der Waals surface area (Å²) in [6, 6.07) is 8.85. The fraction of sp³-hybridized carbons (Fsp3) is 0. The third-order valence-electron chi connectivity index (χ3n) is 2.49. The minimum absolute atomic E-state index is 0.104. The Morgan fingerprint density at radius 3 is 2.82 bits per heavy atom. The maximum Gasteiger partial charge on any atom is 0.165 e. The minimum Gasteiger partial charge on any atom is -0.506 e. The Kier molecular flexibility index (Phi) is 2.23. The normalized spacial score (nSPS) is 10.9. The number of hydrogen-bond acceptors (Lipinski definition) is 3. The third kappa shape index (κ3) is 1.54. The SMILES string of the molecule is Oc1cccn2c(-c3ccccn3)nc(Cl)c12. The lowest BCUT2D eigenvalue weighted by molar-refractivity contribution is 0.479. The van der Waals surface area contributed by atoms with E-state index in [1.807, 2.05) is 18.2 Å². The van der Waals surface area contributed by atoms with Gasteiger partial charge in [-0.25, -0.2) is 4.98 Å². The zero-order chi connectivity index (χ0) is 11.8. The fourth-order valence-electron chi connectivity index (χ4n) is 1.75. The molecule has 0 bridgehead atoms. The van der Waals surface area contributed by atoms with Crippen LogP contribution in [0, 0.1) is 0 Å². The summed E-state index contributed by atoms with van der Waals surface area (Å²) in [4.78, 5) is 8.45. The molecule has 0 saturated heterocycles. The molecule has 0 atom stereocenters. The summed E-state index contributed by atoms with van der Waals surface area (Å²) in [5, 5.41) is 10.0. The molecular formula is C12H8ClN3O. The van der Waals surface area contributed by atoms with E-state index in [0.717, 1.165) is 0 Å². The van der Waals surface area contributed by atoms with Gasteiger partial charge in [0.25, 0.3) is 0 Å². The molecule has 0 spiro atoms. The molecule has 3 aromatic rings. The van der Waals surface area contributed by atoms with Gasteiger partial charge in [0.05, 0.1) is 0 Å². The second kappa shape index (κ2) is 3.75. The summed E-state index contributed by atoms with van der Waals surface area (Å²) in [6.45, 7) is 0. The van der Waals surface area contributed by atoms with Crippen LogP contribution in [-0.2, 0) is 0 Å². The van der Waals surface area contributed by atoms with Gasteiger partial charge >= 0.3 is 0 Å². The van der Waals surface area contributed by atoms with Crippen LogP contribution in [0.15, 0.2) is 42.7 Å². The maximum atomic E-state index is 9.75. The van der Waals surface area contributed by atoms with E-state index in [-0.39, 0.29) is 10.9 Å². The van der Waals surface area contributed by atoms with E-state index >= 15 is 0 Å². The molecular weight excluding hydrogens is 238 g/mol. The second-order valence-corrected chi connectivity index (χ2v) is 3.91. The van der Waals surface area contributed by atoms with Crippen molar-refractivity contribution in [1.82, 2.24) is 14.4 Å². The van der Waals surface area contributed by atoms with Gasteiger partial charge in [-0.1, -0.05) is 17.7 Å². The van der Waals surface area contributed by atoms with Crippen LogP contribution in [0.2, 0.25) is 5.15 Å². The van der Waals surface area contributed by atoms with Gasteiger partial charge in [-0.2, -0.15) is 0 Å². The molecule has 0 fully saturated rings. The van der Waals surface area contributed by atoms with Gasteiger partial charge in [0.1, 0.15) is 17.0 Å². The molecule has 0 aliphatic carbocycles. The van der Waals surface area contributed by atoms with E-state index in [0.29, 0.717) is 17.0 Å². The number of nitrogens with zero attached hydrogens (tertiary/aromatic N) is 3. The number of fused-ring (bicyclic) bond motifs is 1. The standard InChI is InChI=1S/C12H8ClN3O/c13-11-10-9(17)5-3-7-16(10)12(15-11)8-4-1-2-6-14-8/h1-7,17H. The van der Waals surface area contributed by atoms with Crippen LogP contribution in [0.5, 0.6) is 5.75 Å². The first-order valence-corrected chi connectivity index (χ1v) is 5.42. The van der Waals surface area contributed by atoms with Crippen molar-refractivity contribution in [3.63, 3.8) is 0 Å². The van der Waals surface area contributed by atoms with Crippen LogP contribution >= 0.6 is 11.6 Å². The number of rotatable bonds is 1. The zero-order valence-corrected chi connectivity index (χ0v) is 9.46. The molecule has 3 heterocycles. The molecule has 0 radical (unpaired) electrons. The monoisotopic (exact) mass is 245 g/mol. The third-order valence-corrected chi connectivity index (χ3v) is 2.76. The summed E-state index contributed by atoms with van der Waals surface area (Å²) >= 11 is 6.01. The van der Waals surface area contributed by atoms with Gasteiger partial charge in [-0.15, -0.1) is 0 Å². The van der Waals surface area contributed by atoms with Gasteiger partial charge in [0.15, 0.2) is 11.0 Å². The molecule has 3 rings (SSSR count). The Morgan fingerprint density at radius 2 is 2.06 bits per heavy atom. The van der Waals surface area contributed by atoms with E-state index < -0.39 is 0 Å². The Hall–Kier alpha value is -2.07. The molecule has 0 saturated carbocycles. The van der Waals surface area contributed by atoms with Crippen LogP contribution < -0.4 is 0 Å². The molecule has 0 unspecified atom stereocenters. The molecule has 84 valence electrons. The van der Waals surface area contributed by atoms with Crippen LogP contribution in [0.25, 0.3) is 17.0 Å². The molecule has 1 N–H and O–H groups in total. The lowest BCUT2D eigenvalue weighted by atomic mass is 10.3. The maximum absolute atomic E-state index is 9.75. The summed E-state index contributed by atoms with van der Waals surface area (Å²) in [5.41, 5.74) is 1.20. The summed E-state index contributed by atoms with van der Waals surface area (Å²) in [7, 11) is 0.